The Hall–Kier alpha value is -2.41. The largest absolute Gasteiger partial charge is 0.497 e. The molecule has 0 aliphatic carbocycles. The Morgan fingerprint density at radius 2 is 1.68 bits per heavy atom. The summed E-state index contributed by atoms with van der Waals surface area (Å²) in [5.74, 6) is -1.81. The first kappa shape index (κ1) is 23.6. The minimum Gasteiger partial charge on any atom is -0.497 e. The number of Topliss-reactive ketones (excluding diaryl/α,β-unsaturated/α-hetero) is 1. The van der Waals surface area contributed by atoms with Crippen LogP contribution in [0.15, 0.2) is 24.3 Å². The van der Waals surface area contributed by atoms with Gasteiger partial charge in [0.1, 0.15) is 11.5 Å². The first-order valence-corrected chi connectivity index (χ1v) is 9.54. The van der Waals surface area contributed by atoms with Gasteiger partial charge in [0.25, 0.3) is 0 Å². The van der Waals surface area contributed by atoms with Crippen LogP contribution >= 0.6 is 0 Å². The molecule has 3 atom stereocenters. The highest BCUT2D eigenvalue weighted by molar-refractivity contribution is 5.91. The van der Waals surface area contributed by atoms with E-state index in [4.69, 9.17) is 9.94 Å². The van der Waals surface area contributed by atoms with E-state index in [1.165, 1.54) is 0 Å². The maximum Gasteiger partial charge on any atom is 0.246 e. The minimum absolute atomic E-state index is 0.0339. The Morgan fingerprint density at radius 1 is 1.07 bits per heavy atom. The highest BCUT2D eigenvalue weighted by atomic mass is 16.5. The van der Waals surface area contributed by atoms with Gasteiger partial charge in [0.05, 0.1) is 7.11 Å². The number of hydrogen-bond acceptors (Lipinski definition) is 5. The van der Waals surface area contributed by atoms with Gasteiger partial charge in [-0.25, -0.2) is 5.48 Å². The van der Waals surface area contributed by atoms with Crippen LogP contribution in [-0.2, 0) is 20.8 Å². The Morgan fingerprint density at radius 3 is 2.14 bits per heavy atom. The molecule has 3 N–H and O–H groups in total. The zero-order chi connectivity index (χ0) is 21.3. The van der Waals surface area contributed by atoms with E-state index in [-0.39, 0.29) is 24.0 Å². The maximum absolute atomic E-state index is 13.0. The molecule has 0 aliphatic rings. The van der Waals surface area contributed by atoms with Crippen LogP contribution in [0.1, 0.15) is 39.2 Å². The van der Waals surface area contributed by atoms with Crippen molar-refractivity contribution in [1.29, 1.82) is 0 Å². The Bertz CT molecular complexity index is 657. The van der Waals surface area contributed by atoms with Crippen molar-refractivity contribution in [3.63, 3.8) is 0 Å². The number of nitrogens with one attached hydrogen (secondary N) is 2. The second-order valence-corrected chi connectivity index (χ2v) is 7.53. The standard InChI is InChI=1S/C21H32N2O5/c1-13(2)10-18(14(3)20(25)23-27)19(24)12-16(21(26)22-4)11-15-6-8-17(28-5)9-7-15/h6-9,13-14,16,18,27H,10-12H2,1-5H3,(H,22,26)(H,23,25)/t14-,16+,18+/m0/s1. The fourth-order valence-electron chi connectivity index (χ4n) is 3.31. The summed E-state index contributed by atoms with van der Waals surface area (Å²) in [5, 5.41) is 11.6. The van der Waals surface area contributed by atoms with Gasteiger partial charge in [-0.2, -0.15) is 0 Å². The lowest BCUT2D eigenvalue weighted by Gasteiger charge is -2.25. The number of rotatable bonds is 11. The van der Waals surface area contributed by atoms with E-state index in [1.54, 1.807) is 26.6 Å². The lowest BCUT2D eigenvalue weighted by atomic mass is 9.79. The van der Waals surface area contributed by atoms with Crippen LogP contribution < -0.4 is 15.5 Å². The van der Waals surface area contributed by atoms with Gasteiger partial charge in [-0.15, -0.1) is 0 Å². The van der Waals surface area contributed by atoms with Gasteiger partial charge in [0.2, 0.25) is 11.8 Å². The van der Waals surface area contributed by atoms with Crippen molar-refractivity contribution in [2.24, 2.45) is 23.7 Å². The number of ketones is 1. The molecule has 1 aromatic rings. The van der Waals surface area contributed by atoms with Crippen molar-refractivity contribution in [2.45, 2.75) is 40.0 Å². The highest BCUT2D eigenvalue weighted by Gasteiger charge is 2.33. The first-order valence-electron chi connectivity index (χ1n) is 9.54. The third-order valence-corrected chi connectivity index (χ3v) is 4.97. The van der Waals surface area contributed by atoms with E-state index in [2.05, 4.69) is 5.32 Å². The molecule has 0 spiro atoms. The topological polar surface area (TPSA) is 105 Å². The van der Waals surface area contributed by atoms with Crippen molar-refractivity contribution < 1.29 is 24.3 Å². The maximum atomic E-state index is 13.0. The molecule has 0 aromatic heterocycles. The average molecular weight is 392 g/mol. The lowest BCUT2D eigenvalue weighted by Crippen LogP contribution is -2.38. The van der Waals surface area contributed by atoms with E-state index in [9.17, 15) is 14.4 Å². The predicted molar refractivity (Wildman–Crippen MR) is 106 cm³/mol. The molecule has 0 aliphatic heterocycles. The van der Waals surface area contributed by atoms with Crippen LogP contribution in [0.25, 0.3) is 0 Å². The normalized spacial score (nSPS) is 14.1. The molecule has 156 valence electrons. The summed E-state index contributed by atoms with van der Waals surface area (Å²) >= 11 is 0. The molecular formula is C21H32N2O5. The second-order valence-electron chi connectivity index (χ2n) is 7.53. The number of carbonyl (C=O) groups is 3. The van der Waals surface area contributed by atoms with Gasteiger partial charge in [-0.3, -0.25) is 19.6 Å². The van der Waals surface area contributed by atoms with Gasteiger partial charge >= 0.3 is 0 Å². The molecule has 7 heteroatoms. The average Bonchev–Trinajstić information content (AvgIpc) is 2.69. The fraction of sp³-hybridized carbons (Fsp3) is 0.571. The van der Waals surface area contributed by atoms with Crippen molar-refractivity contribution in [1.82, 2.24) is 10.8 Å². The zero-order valence-electron chi connectivity index (χ0n) is 17.3. The van der Waals surface area contributed by atoms with Crippen molar-refractivity contribution >= 4 is 17.6 Å². The lowest BCUT2D eigenvalue weighted by molar-refractivity contribution is -0.140. The van der Waals surface area contributed by atoms with Gasteiger partial charge in [-0.05, 0) is 36.5 Å². The molecule has 0 saturated carbocycles. The van der Waals surface area contributed by atoms with Gasteiger partial charge < -0.3 is 10.1 Å². The molecule has 0 unspecified atom stereocenters. The van der Waals surface area contributed by atoms with E-state index in [0.717, 1.165) is 11.3 Å². The summed E-state index contributed by atoms with van der Waals surface area (Å²) < 4.78 is 5.14. The highest BCUT2D eigenvalue weighted by Crippen LogP contribution is 2.26. The Labute approximate surface area is 166 Å². The van der Waals surface area contributed by atoms with Crippen molar-refractivity contribution in [2.75, 3.05) is 14.2 Å². The predicted octanol–water partition coefficient (Wildman–Crippen LogP) is 2.36. The number of amides is 2. The summed E-state index contributed by atoms with van der Waals surface area (Å²) in [7, 11) is 3.13. The smallest absolute Gasteiger partial charge is 0.246 e. The van der Waals surface area contributed by atoms with Crippen molar-refractivity contribution in [3.05, 3.63) is 29.8 Å². The number of methoxy groups -OCH3 is 1. The summed E-state index contributed by atoms with van der Waals surface area (Å²) in [6.07, 6.45) is 0.951. The monoisotopic (exact) mass is 392 g/mol. The van der Waals surface area contributed by atoms with Gasteiger partial charge in [0, 0.05) is 31.2 Å². The minimum atomic E-state index is -0.675. The molecule has 1 aromatic carbocycles. The number of hydrogen-bond donors (Lipinski definition) is 3. The molecule has 0 bridgehead atoms. The Kier molecular flexibility index (Phi) is 9.65. The molecule has 0 heterocycles. The zero-order valence-corrected chi connectivity index (χ0v) is 17.3. The van der Waals surface area contributed by atoms with E-state index < -0.39 is 23.7 Å². The summed E-state index contributed by atoms with van der Waals surface area (Å²) in [6, 6.07) is 7.36. The van der Waals surface area contributed by atoms with Crippen LogP contribution in [0.2, 0.25) is 0 Å². The van der Waals surface area contributed by atoms with Crippen LogP contribution in [0.4, 0.5) is 0 Å². The summed E-state index contributed by atoms with van der Waals surface area (Å²) in [5.41, 5.74) is 2.55. The number of carbonyl (C=O) groups excluding carboxylic acids is 3. The van der Waals surface area contributed by atoms with Gasteiger partial charge in [0.15, 0.2) is 0 Å². The second kappa shape index (κ2) is 11.4. The van der Waals surface area contributed by atoms with Crippen LogP contribution in [0.3, 0.4) is 0 Å². The van der Waals surface area contributed by atoms with Crippen LogP contribution in [0.5, 0.6) is 5.75 Å². The third kappa shape index (κ3) is 6.96. The van der Waals surface area contributed by atoms with Gasteiger partial charge in [-0.1, -0.05) is 32.9 Å². The van der Waals surface area contributed by atoms with E-state index >= 15 is 0 Å². The molecule has 0 saturated heterocycles. The summed E-state index contributed by atoms with van der Waals surface area (Å²) in [4.78, 5) is 37.2. The first-order chi connectivity index (χ1) is 13.2. The third-order valence-electron chi connectivity index (χ3n) is 4.97. The molecule has 7 nitrogen and oxygen atoms in total. The molecule has 1 rings (SSSR count). The van der Waals surface area contributed by atoms with Crippen molar-refractivity contribution in [3.8, 4) is 5.75 Å². The van der Waals surface area contributed by atoms with Crippen LogP contribution in [-0.4, -0.2) is 37.0 Å². The van der Waals surface area contributed by atoms with Crippen LogP contribution in [0, 0.1) is 23.7 Å². The Balaban J connectivity index is 2.98. The molecular weight excluding hydrogens is 360 g/mol. The summed E-state index contributed by atoms with van der Waals surface area (Å²) in [6.45, 7) is 5.56. The quantitative estimate of drug-likeness (QED) is 0.396. The SMILES string of the molecule is CNC(=O)[C@@H](CC(=O)[C@H](CC(C)C)[C@H](C)C(=O)NO)Cc1ccc(OC)cc1. The van der Waals surface area contributed by atoms with E-state index in [1.807, 2.05) is 38.1 Å². The number of hydroxylamine groups is 1. The van der Waals surface area contributed by atoms with E-state index in [0.29, 0.717) is 12.8 Å². The fourth-order valence-corrected chi connectivity index (χ4v) is 3.31. The molecule has 28 heavy (non-hydrogen) atoms. The molecule has 2 amide bonds. The molecule has 0 radical (unpaired) electrons. The number of ether oxygens (including phenoxy) is 1. The molecule has 0 fully saturated rings. The number of benzene rings is 1.